The fourth-order valence-corrected chi connectivity index (χ4v) is 1.93. The van der Waals surface area contributed by atoms with Crippen molar-refractivity contribution in [1.82, 2.24) is 5.32 Å². The molecule has 1 amide bonds. The molecule has 0 aliphatic rings. The Balaban J connectivity index is 2.32. The van der Waals surface area contributed by atoms with E-state index in [0.717, 1.165) is 23.7 Å². The Bertz CT molecular complexity index is 435. The summed E-state index contributed by atoms with van der Waals surface area (Å²) in [6.07, 6.45) is -2.11. The summed E-state index contributed by atoms with van der Waals surface area (Å²) in [5, 5.41) is 3.63. The SMILES string of the molecule is O=C(CCCCBr)NCc1ccc(OCC(F)(F)F)cc1. The number of alkyl halides is 4. The number of amides is 1. The third-order valence-electron chi connectivity index (χ3n) is 2.60. The van der Waals surface area contributed by atoms with Crippen LogP contribution in [0.1, 0.15) is 24.8 Å². The Labute approximate surface area is 130 Å². The highest BCUT2D eigenvalue weighted by Gasteiger charge is 2.28. The second-order valence-corrected chi connectivity index (χ2v) is 5.26. The zero-order chi connectivity index (χ0) is 15.7. The van der Waals surface area contributed by atoms with Crippen LogP contribution < -0.4 is 10.1 Å². The summed E-state index contributed by atoms with van der Waals surface area (Å²) in [5.74, 6) is 0.119. The normalized spacial score (nSPS) is 11.2. The molecule has 0 aliphatic carbocycles. The van der Waals surface area contributed by atoms with Gasteiger partial charge in [0.2, 0.25) is 5.91 Å². The van der Waals surface area contributed by atoms with Crippen molar-refractivity contribution in [2.45, 2.75) is 32.0 Å². The van der Waals surface area contributed by atoms with E-state index in [1.165, 1.54) is 12.1 Å². The van der Waals surface area contributed by atoms with Gasteiger partial charge in [-0.1, -0.05) is 28.1 Å². The first kappa shape index (κ1) is 17.8. The van der Waals surface area contributed by atoms with Gasteiger partial charge in [-0.3, -0.25) is 4.79 Å². The van der Waals surface area contributed by atoms with E-state index < -0.39 is 12.8 Å². The molecule has 7 heteroatoms. The Morgan fingerprint density at radius 2 is 1.86 bits per heavy atom. The predicted molar refractivity (Wildman–Crippen MR) is 77.5 cm³/mol. The summed E-state index contributed by atoms with van der Waals surface area (Å²) in [7, 11) is 0. The number of halogens is 4. The van der Waals surface area contributed by atoms with Gasteiger partial charge in [0.25, 0.3) is 0 Å². The van der Waals surface area contributed by atoms with Gasteiger partial charge in [0.05, 0.1) is 0 Å². The number of rotatable bonds is 8. The van der Waals surface area contributed by atoms with Crippen molar-refractivity contribution in [3.8, 4) is 5.75 Å². The lowest BCUT2D eigenvalue weighted by Crippen LogP contribution is -2.22. The summed E-state index contributed by atoms with van der Waals surface area (Å²) in [6.45, 7) is -0.955. The number of hydrogen-bond acceptors (Lipinski definition) is 2. The zero-order valence-electron chi connectivity index (χ0n) is 11.4. The number of carbonyl (C=O) groups is 1. The average Bonchev–Trinajstić information content (AvgIpc) is 2.43. The Morgan fingerprint density at radius 3 is 2.43 bits per heavy atom. The Morgan fingerprint density at radius 1 is 1.19 bits per heavy atom. The highest BCUT2D eigenvalue weighted by atomic mass is 79.9. The summed E-state index contributed by atoms with van der Waals surface area (Å²) in [4.78, 5) is 11.5. The maximum atomic E-state index is 12.0. The highest BCUT2D eigenvalue weighted by Crippen LogP contribution is 2.18. The van der Waals surface area contributed by atoms with Crippen molar-refractivity contribution < 1.29 is 22.7 Å². The molecule has 21 heavy (non-hydrogen) atoms. The van der Waals surface area contributed by atoms with E-state index in [0.29, 0.717) is 13.0 Å². The molecule has 0 saturated carbocycles. The molecule has 0 heterocycles. The maximum absolute atomic E-state index is 12.0. The fraction of sp³-hybridized carbons (Fsp3) is 0.500. The third kappa shape index (κ3) is 8.60. The van der Waals surface area contributed by atoms with Crippen LogP contribution in [0.4, 0.5) is 13.2 Å². The molecule has 0 atom stereocenters. The van der Waals surface area contributed by atoms with E-state index in [1.807, 2.05) is 0 Å². The van der Waals surface area contributed by atoms with Crippen LogP contribution >= 0.6 is 15.9 Å². The van der Waals surface area contributed by atoms with Crippen molar-refractivity contribution in [1.29, 1.82) is 0 Å². The van der Waals surface area contributed by atoms with E-state index in [-0.39, 0.29) is 11.7 Å². The summed E-state index contributed by atoms with van der Waals surface area (Å²) >= 11 is 3.29. The molecule has 0 aliphatic heterocycles. The van der Waals surface area contributed by atoms with Crippen LogP contribution in [0.2, 0.25) is 0 Å². The monoisotopic (exact) mass is 367 g/mol. The zero-order valence-corrected chi connectivity index (χ0v) is 13.0. The summed E-state index contributed by atoms with van der Waals surface area (Å²) < 4.78 is 40.5. The lowest BCUT2D eigenvalue weighted by molar-refractivity contribution is -0.153. The topological polar surface area (TPSA) is 38.3 Å². The van der Waals surface area contributed by atoms with Gasteiger partial charge in [-0.25, -0.2) is 0 Å². The van der Waals surface area contributed by atoms with Gasteiger partial charge in [-0.2, -0.15) is 13.2 Å². The van der Waals surface area contributed by atoms with Crippen LogP contribution in [0.25, 0.3) is 0 Å². The maximum Gasteiger partial charge on any atom is 0.422 e. The van der Waals surface area contributed by atoms with Crippen molar-refractivity contribution >= 4 is 21.8 Å². The Kier molecular flexibility index (Phi) is 7.56. The standard InChI is InChI=1S/C14H17BrF3NO2/c15-8-2-1-3-13(20)19-9-11-4-6-12(7-5-11)21-10-14(16,17)18/h4-7H,1-3,8-10H2,(H,19,20). The molecule has 1 aromatic carbocycles. The van der Waals surface area contributed by atoms with Gasteiger partial charge < -0.3 is 10.1 Å². The van der Waals surface area contributed by atoms with Gasteiger partial charge >= 0.3 is 6.18 Å². The molecule has 1 aromatic rings. The Hall–Kier alpha value is -1.24. The van der Waals surface area contributed by atoms with Gasteiger partial charge in [-0.05, 0) is 30.5 Å². The fourth-order valence-electron chi connectivity index (χ4n) is 1.54. The first-order valence-electron chi connectivity index (χ1n) is 6.52. The van der Waals surface area contributed by atoms with E-state index in [9.17, 15) is 18.0 Å². The molecule has 1 rings (SSSR count). The average molecular weight is 368 g/mol. The number of hydrogen-bond donors (Lipinski definition) is 1. The molecule has 0 fully saturated rings. The minimum absolute atomic E-state index is 0.0339. The minimum Gasteiger partial charge on any atom is -0.484 e. The number of benzene rings is 1. The number of unbranched alkanes of at least 4 members (excludes halogenated alkanes) is 1. The molecular formula is C14H17BrF3NO2. The third-order valence-corrected chi connectivity index (χ3v) is 3.16. The second-order valence-electron chi connectivity index (χ2n) is 4.47. The van der Waals surface area contributed by atoms with Crippen molar-refractivity contribution in [3.05, 3.63) is 29.8 Å². The molecule has 0 spiro atoms. The number of nitrogens with one attached hydrogen (secondary N) is 1. The van der Waals surface area contributed by atoms with Gasteiger partial charge in [0.15, 0.2) is 6.61 Å². The van der Waals surface area contributed by atoms with Gasteiger partial charge in [-0.15, -0.1) is 0 Å². The van der Waals surface area contributed by atoms with Crippen LogP contribution in [0.5, 0.6) is 5.75 Å². The molecule has 118 valence electrons. The van der Waals surface area contributed by atoms with Gasteiger partial charge in [0.1, 0.15) is 5.75 Å². The van der Waals surface area contributed by atoms with Crippen molar-refractivity contribution in [3.63, 3.8) is 0 Å². The molecule has 0 radical (unpaired) electrons. The van der Waals surface area contributed by atoms with Crippen LogP contribution in [-0.4, -0.2) is 24.0 Å². The van der Waals surface area contributed by atoms with Crippen LogP contribution in [-0.2, 0) is 11.3 Å². The number of carbonyl (C=O) groups excluding carboxylic acids is 1. The van der Waals surface area contributed by atoms with Crippen LogP contribution in [0.3, 0.4) is 0 Å². The van der Waals surface area contributed by atoms with E-state index in [4.69, 9.17) is 0 Å². The molecular weight excluding hydrogens is 351 g/mol. The van der Waals surface area contributed by atoms with E-state index >= 15 is 0 Å². The quantitative estimate of drug-likeness (QED) is 0.560. The lowest BCUT2D eigenvalue weighted by Gasteiger charge is -2.10. The lowest BCUT2D eigenvalue weighted by atomic mass is 10.2. The van der Waals surface area contributed by atoms with Crippen LogP contribution in [0.15, 0.2) is 24.3 Å². The largest absolute Gasteiger partial charge is 0.484 e. The number of ether oxygens (including phenoxy) is 1. The predicted octanol–water partition coefficient (Wildman–Crippen LogP) is 3.81. The first-order chi connectivity index (χ1) is 9.90. The van der Waals surface area contributed by atoms with E-state index in [1.54, 1.807) is 12.1 Å². The van der Waals surface area contributed by atoms with Crippen molar-refractivity contribution in [2.75, 3.05) is 11.9 Å². The molecule has 0 saturated heterocycles. The summed E-state index contributed by atoms with van der Waals surface area (Å²) in [5.41, 5.74) is 0.809. The molecule has 0 aromatic heterocycles. The minimum atomic E-state index is -4.35. The molecule has 1 N–H and O–H groups in total. The smallest absolute Gasteiger partial charge is 0.422 e. The molecule has 3 nitrogen and oxygen atoms in total. The molecule has 0 unspecified atom stereocenters. The summed E-state index contributed by atoms with van der Waals surface area (Å²) in [6, 6.07) is 6.17. The second kappa shape index (κ2) is 8.92. The van der Waals surface area contributed by atoms with E-state index in [2.05, 4.69) is 26.0 Å². The highest BCUT2D eigenvalue weighted by molar-refractivity contribution is 9.09. The molecule has 0 bridgehead atoms. The van der Waals surface area contributed by atoms with Crippen molar-refractivity contribution in [2.24, 2.45) is 0 Å². The van der Waals surface area contributed by atoms with Gasteiger partial charge in [0, 0.05) is 18.3 Å². The van der Waals surface area contributed by atoms with Crippen LogP contribution in [0, 0.1) is 0 Å². The first-order valence-corrected chi connectivity index (χ1v) is 7.64.